The van der Waals surface area contributed by atoms with Crippen molar-refractivity contribution in [1.82, 2.24) is 19.8 Å². The molecule has 0 unspecified atom stereocenters. The van der Waals surface area contributed by atoms with Crippen LogP contribution < -0.4 is 5.32 Å². The monoisotopic (exact) mass is 436 g/mol. The number of hydrogen-bond donors (Lipinski definition) is 1. The van der Waals surface area contributed by atoms with E-state index < -0.39 is 23.7 Å². The molecule has 0 aliphatic heterocycles. The smallest absolute Gasteiger partial charge is 0.276 e. The molecule has 3 rings (SSSR count). The van der Waals surface area contributed by atoms with E-state index in [0.717, 1.165) is 43.6 Å². The molecule has 154 valence electrons. The molecule has 2 aromatic rings. The first kappa shape index (κ1) is 21.4. The topological polar surface area (TPSA) is 75.2 Å². The van der Waals surface area contributed by atoms with E-state index >= 15 is 0 Å². The van der Waals surface area contributed by atoms with E-state index in [-0.39, 0.29) is 28.9 Å². The molecule has 1 N–H and O–H groups in total. The highest BCUT2D eigenvalue weighted by atomic mass is 35.5. The SMILES string of the molecule is C=CCN(C(=O)c1csnn1)[C@@H](C(=O)NC1CCCCC1)c1c(F)cccc1Cl. The number of nitrogens with zero attached hydrogens (tertiary/aromatic N) is 3. The van der Waals surface area contributed by atoms with Gasteiger partial charge in [-0.25, -0.2) is 4.39 Å². The van der Waals surface area contributed by atoms with Crippen LogP contribution in [0.2, 0.25) is 5.02 Å². The van der Waals surface area contributed by atoms with Gasteiger partial charge in [0.2, 0.25) is 5.91 Å². The fourth-order valence-corrected chi connectivity index (χ4v) is 4.27. The predicted octanol–water partition coefficient (Wildman–Crippen LogP) is 4.15. The Hall–Kier alpha value is -2.32. The van der Waals surface area contributed by atoms with Gasteiger partial charge in [0.1, 0.15) is 11.9 Å². The zero-order valence-electron chi connectivity index (χ0n) is 15.8. The number of amides is 2. The van der Waals surface area contributed by atoms with E-state index in [0.29, 0.717) is 0 Å². The van der Waals surface area contributed by atoms with Gasteiger partial charge >= 0.3 is 0 Å². The molecule has 29 heavy (non-hydrogen) atoms. The van der Waals surface area contributed by atoms with Gasteiger partial charge in [0.15, 0.2) is 5.69 Å². The molecule has 1 atom stereocenters. The van der Waals surface area contributed by atoms with Crippen molar-refractivity contribution in [1.29, 1.82) is 0 Å². The van der Waals surface area contributed by atoms with Crippen LogP contribution in [0.5, 0.6) is 0 Å². The highest BCUT2D eigenvalue weighted by Crippen LogP contribution is 2.32. The number of halogens is 2. The molecule has 1 aromatic heterocycles. The minimum absolute atomic E-state index is 0.00841. The van der Waals surface area contributed by atoms with Crippen molar-refractivity contribution >= 4 is 34.9 Å². The second-order valence-electron chi connectivity index (χ2n) is 6.92. The zero-order chi connectivity index (χ0) is 20.8. The lowest BCUT2D eigenvalue weighted by atomic mass is 9.94. The maximum Gasteiger partial charge on any atom is 0.276 e. The lowest BCUT2D eigenvalue weighted by molar-refractivity contribution is -0.126. The summed E-state index contributed by atoms with van der Waals surface area (Å²) in [6.07, 6.45) is 6.37. The normalized spacial score (nSPS) is 15.5. The Kier molecular flexibility index (Phi) is 7.33. The van der Waals surface area contributed by atoms with Gasteiger partial charge in [-0.05, 0) is 36.5 Å². The Labute approximate surface area is 177 Å². The first-order chi connectivity index (χ1) is 14.0. The van der Waals surface area contributed by atoms with E-state index in [9.17, 15) is 14.0 Å². The molecular weight excluding hydrogens is 415 g/mol. The fourth-order valence-electron chi connectivity index (χ4n) is 3.58. The molecule has 1 saturated carbocycles. The number of benzene rings is 1. The van der Waals surface area contributed by atoms with Crippen LogP contribution >= 0.6 is 23.1 Å². The third kappa shape index (κ3) is 5.00. The third-order valence-corrected chi connectivity index (χ3v) is 5.78. The molecule has 0 radical (unpaired) electrons. The highest BCUT2D eigenvalue weighted by Gasteiger charge is 2.36. The summed E-state index contributed by atoms with van der Waals surface area (Å²) in [4.78, 5) is 27.6. The summed E-state index contributed by atoms with van der Waals surface area (Å²) in [5, 5.41) is 8.34. The van der Waals surface area contributed by atoms with Crippen molar-refractivity contribution in [2.24, 2.45) is 0 Å². The minimum atomic E-state index is -1.25. The molecule has 1 aliphatic carbocycles. The van der Waals surface area contributed by atoms with Crippen molar-refractivity contribution < 1.29 is 14.0 Å². The summed E-state index contributed by atoms with van der Waals surface area (Å²) in [5.41, 5.74) is 0.0423. The molecule has 9 heteroatoms. The molecule has 1 fully saturated rings. The van der Waals surface area contributed by atoms with Crippen molar-refractivity contribution in [3.05, 3.63) is 58.3 Å². The molecule has 0 spiro atoms. The van der Waals surface area contributed by atoms with E-state index in [1.165, 1.54) is 34.6 Å². The number of aromatic nitrogens is 2. The second-order valence-corrected chi connectivity index (χ2v) is 7.93. The summed E-state index contributed by atoms with van der Waals surface area (Å²) in [6.45, 7) is 3.69. The van der Waals surface area contributed by atoms with Crippen LogP contribution in [0.3, 0.4) is 0 Å². The largest absolute Gasteiger partial charge is 0.351 e. The van der Waals surface area contributed by atoms with Crippen molar-refractivity contribution in [2.75, 3.05) is 6.54 Å². The summed E-state index contributed by atoms with van der Waals surface area (Å²) in [5.74, 6) is -1.66. The van der Waals surface area contributed by atoms with Gasteiger partial charge in [0.25, 0.3) is 5.91 Å². The van der Waals surface area contributed by atoms with Gasteiger partial charge in [0.05, 0.1) is 0 Å². The van der Waals surface area contributed by atoms with Gasteiger partial charge < -0.3 is 10.2 Å². The Balaban J connectivity index is 2.01. The van der Waals surface area contributed by atoms with E-state index in [2.05, 4.69) is 21.5 Å². The van der Waals surface area contributed by atoms with Gasteiger partial charge in [-0.1, -0.05) is 47.5 Å². The number of rotatable bonds is 7. The Bertz CT molecular complexity index is 851. The van der Waals surface area contributed by atoms with Crippen LogP contribution in [0, 0.1) is 5.82 Å². The first-order valence-electron chi connectivity index (χ1n) is 9.46. The molecule has 0 saturated heterocycles. The first-order valence-corrected chi connectivity index (χ1v) is 10.7. The molecule has 1 heterocycles. The van der Waals surface area contributed by atoms with Gasteiger partial charge in [-0.15, -0.1) is 11.7 Å². The summed E-state index contributed by atoms with van der Waals surface area (Å²) in [7, 11) is 0. The summed E-state index contributed by atoms with van der Waals surface area (Å²) >= 11 is 7.29. The second kappa shape index (κ2) is 9.93. The zero-order valence-corrected chi connectivity index (χ0v) is 17.4. The van der Waals surface area contributed by atoms with Crippen LogP contribution in [0.25, 0.3) is 0 Å². The maximum atomic E-state index is 14.8. The molecule has 0 bridgehead atoms. The number of hydrogen-bond acceptors (Lipinski definition) is 5. The number of nitrogens with one attached hydrogen (secondary N) is 1. The summed E-state index contributed by atoms with van der Waals surface area (Å²) in [6, 6.07) is 2.93. The molecular formula is C20H22ClFN4O2S. The number of carbonyl (C=O) groups is 2. The Morgan fingerprint density at radius 3 is 2.76 bits per heavy atom. The Morgan fingerprint density at radius 1 is 1.38 bits per heavy atom. The average molecular weight is 437 g/mol. The average Bonchev–Trinajstić information content (AvgIpc) is 3.24. The molecule has 1 aliphatic rings. The van der Waals surface area contributed by atoms with Gasteiger partial charge in [-0.3, -0.25) is 9.59 Å². The molecule has 2 amide bonds. The van der Waals surface area contributed by atoms with E-state index in [1.54, 1.807) is 0 Å². The lowest BCUT2D eigenvalue weighted by Crippen LogP contribution is -2.47. The standard InChI is InChI=1S/C20H22ClFN4O2S/c1-2-11-26(20(28)16-12-29-25-24-16)18(17-14(21)9-6-10-15(17)22)19(27)23-13-7-4-3-5-8-13/h2,6,9-10,12-13,18H,1,3-5,7-8,11H2,(H,23,27)/t18-/m1/s1. The van der Waals surface area contributed by atoms with Crippen LogP contribution in [0.1, 0.15) is 54.2 Å². The van der Waals surface area contributed by atoms with Gasteiger partial charge in [-0.2, -0.15) is 0 Å². The molecule has 6 nitrogen and oxygen atoms in total. The van der Waals surface area contributed by atoms with Gasteiger partial charge in [0, 0.05) is 28.6 Å². The van der Waals surface area contributed by atoms with Crippen molar-refractivity contribution in [2.45, 2.75) is 44.2 Å². The lowest BCUT2D eigenvalue weighted by Gasteiger charge is -2.32. The van der Waals surface area contributed by atoms with Crippen LogP contribution in [0.4, 0.5) is 4.39 Å². The van der Waals surface area contributed by atoms with E-state index in [4.69, 9.17) is 11.6 Å². The van der Waals surface area contributed by atoms with Crippen LogP contribution in [-0.4, -0.2) is 38.9 Å². The van der Waals surface area contributed by atoms with Crippen molar-refractivity contribution in [3.8, 4) is 0 Å². The quantitative estimate of drug-likeness (QED) is 0.661. The third-order valence-electron chi connectivity index (χ3n) is 4.95. The molecule has 1 aromatic carbocycles. The number of carbonyl (C=O) groups excluding carboxylic acids is 2. The maximum absolute atomic E-state index is 14.8. The summed E-state index contributed by atoms with van der Waals surface area (Å²) < 4.78 is 18.5. The highest BCUT2D eigenvalue weighted by molar-refractivity contribution is 7.03. The fraction of sp³-hybridized carbons (Fsp3) is 0.400. The van der Waals surface area contributed by atoms with Crippen LogP contribution in [0.15, 0.2) is 36.2 Å². The minimum Gasteiger partial charge on any atom is -0.351 e. The van der Waals surface area contributed by atoms with Crippen molar-refractivity contribution in [3.63, 3.8) is 0 Å². The van der Waals surface area contributed by atoms with E-state index in [1.807, 2.05) is 0 Å². The van der Waals surface area contributed by atoms with Crippen LogP contribution in [-0.2, 0) is 4.79 Å². The Morgan fingerprint density at radius 2 is 2.14 bits per heavy atom. The predicted molar refractivity (Wildman–Crippen MR) is 110 cm³/mol.